The van der Waals surface area contributed by atoms with Gasteiger partial charge >= 0.3 is 29.6 Å². The SMILES string of the molecule is O=S(=O)(O)CCCCCCCCCCN1CCN(C(c2ccccc2)c2ccccc2)CC1.[NaH]. The summed E-state index contributed by atoms with van der Waals surface area (Å²) in [6, 6.07) is 22.1. The van der Waals surface area contributed by atoms with Gasteiger partial charge in [-0.25, -0.2) is 0 Å². The fourth-order valence-corrected chi connectivity index (χ4v) is 5.38. The number of rotatable bonds is 14. The quantitative estimate of drug-likeness (QED) is 0.232. The number of unbranched alkanes of at least 4 members (excludes halogenated alkanes) is 7. The van der Waals surface area contributed by atoms with Crippen LogP contribution >= 0.6 is 0 Å². The summed E-state index contributed by atoms with van der Waals surface area (Å²) in [5, 5.41) is 0. The van der Waals surface area contributed by atoms with Gasteiger partial charge in [-0.1, -0.05) is 99.2 Å². The summed E-state index contributed by atoms with van der Waals surface area (Å²) in [5.74, 6) is -0.0995. The third-order valence-corrected chi connectivity index (χ3v) is 7.43. The first-order chi connectivity index (χ1) is 16.0. The van der Waals surface area contributed by atoms with Crippen molar-refractivity contribution in [2.24, 2.45) is 0 Å². The normalized spacial score (nSPS) is 15.4. The minimum absolute atomic E-state index is 0. The second kappa shape index (κ2) is 16.1. The fourth-order valence-electron chi connectivity index (χ4n) is 4.81. The molecule has 0 amide bonds. The Hall–Kier alpha value is -0.730. The molecule has 1 saturated heterocycles. The Morgan fingerprint density at radius 2 is 1.12 bits per heavy atom. The molecule has 1 aliphatic heterocycles. The molecule has 34 heavy (non-hydrogen) atoms. The van der Waals surface area contributed by atoms with E-state index in [2.05, 4.69) is 70.5 Å². The molecule has 0 radical (unpaired) electrons. The summed E-state index contributed by atoms with van der Waals surface area (Å²) in [6.45, 7) is 5.63. The van der Waals surface area contributed by atoms with Gasteiger partial charge in [0, 0.05) is 26.2 Å². The molecule has 0 saturated carbocycles. The molecular weight excluding hydrogens is 455 g/mol. The molecule has 0 bridgehead atoms. The third kappa shape index (κ3) is 10.9. The van der Waals surface area contributed by atoms with Crippen LogP contribution in [0.3, 0.4) is 0 Å². The first-order valence-electron chi connectivity index (χ1n) is 12.5. The summed E-state index contributed by atoms with van der Waals surface area (Å²) in [5.41, 5.74) is 2.74. The average Bonchev–Trinajstić information content (AvgIpc) is 2.82. The second-order valence-electron chi connectivity index (χ2n) is 9.22. The van der Waals surface area contributed by atoms with E-state index in [4.69, 9.17) is 4.55 Å². The maximum absolute atomic E-state index is 10.7. The van der Waals surface area contributed by atoms with Crippen LogP contribution < -0.4 is 0 Å². The third-order valence-electron chi connectivity index (χ3n) is 6.63. The monoisotopic (exact) mass is 496 g/mol. The van der Waals surface area contributed by atoms with E-state index in [-0.39, 0.29) is 35.3 Å². The molecule has 0 aromatic heterocycles. The Kier molecular flexibility index (Phi) is 14.0. The number of piperazine rings is 1. The Balaban J connectivity index is 0.00000408. The Labute approximate surface area is 229 Å². The summed E-state index contributed by atoms with van der Waals surface area (Å²) in [7, 11) is -3.78. The van der Waals surface area contributed by atoms with Crippen molar-refractivity contribution in [1.82, 2.24) is 9.80 Å². The summed E-state index contributed by atoms with van der Waals surface area (Å²) in [6.07, 6.45) is 8.66. The molecule has 0 unspecified atom stereocenters. The number of hydrogen-bond donors (Lipinski definition) is 1. The second-order valence-corrected chi connectivity index (χ2v) is 10.8. The van der Waals surface area contributed by atoms with E-state index in [1.807, 2.05) is 0 Å². The van der Waals surface area contributed by atoms with Crippen molar-refractivity contribution in [2.45, 2.75) is 57.4 Å². The van der Waals surface area contributed by atoms with E-state index >= 15 is 0 Å². The molecule has 0 aliphatic carbocycles. The van der Waals surface area contributed by atoms with Crippen LogP contribution in [-0.2, 0) is 10.1 Å². The summed E-state index contributed by atoms with van der Waals surface area (Å²) >= 11 is 0. The molecule has 2 aromatic carbocycles. The van der Waals surface area contributed by atoms with E-state index < -0.39 is 10.1 Å². The molecule has 1 N–H and O–H groups in total. The first-order valence-corrected chi connectivity index (χ1v) is 14.2. The zero-order valence-electron chi connectivity index (χ0n) is 19.8. The Morgan fingerprint density at radius 3 is 1.59 bits per heavy atom. The van der Waals surface area contributed by atoms with Gasteiger partial charge in [-0.3, -0.25) is 9.45 Å². The van der Waals surface area contributed by atoms with E-state index in [0.717, 1.165) is 45.4 Å². The van der Waals surface area contributed by atoms with Gasteiger partial charge in [-0.15, -0.1) is 0 Å². The van der Waals surface area contributed by atoms with Crippen LogP contribution in [0.2, 0.25) is 0 Å². The molecule has 2 aromatic rings. The molecule has 0 atom stereocenters. The van der Waals surface area contributed by atoms with Crippen molar-refractivity contribution >= 4 is 39.7 Å². The van der Waals surface area contributed by atoms with E-state index in [9.17, 15) is 8.42 Å². The molecular formula is C27H41N2NaO3S. The van der Waals surface area contributed by atoms with Gasteiger partial charge in [0.25, 0.3) is 10.1 Å². The maximum atomic E-state index is 10.7. The topological polar surface area (TPSA) is 60.9 Å². The van der Waals surface area contributed by atoms with Crippen molar-refractivity contribution in [2.75, 3.05) is 38.5 Å². The molecule has 0 spiro atoms. The van der Waals surface area contributed by atoms with E-state index in [1.54, 1.807) is 0 Å². The van der Waals surface area contributed by atoms with Crippen molar-refractivity contribution in [3.63, 3.8) is 0 Å². The van der Waals surface area contributed by atoms with Crippen LogP contribution in [0.4, 0.5) is 0 Å². The number of benzene rings is 2. The zero-order chi connectivity index (χ0) is 23.4. The average molecular weight is 497 g/mol. The van der Waals surface area contributed by atoms with Gasteiger partial charge in [0.15, 0.2) is 0 Å². The first kappa shape index (κ1) is 29.5. The van der Waals surface area contributed by atoms with Crippen molar-refractivity contribution in [3.05, 3.63) is 71.8 Å². The van der Waals surface area contributed by atoms with Crippen LogP contribution in [-0.4, -0.2) is 90.8 Å². The van der Waals surface area contributed by atoms with Crippen LogP contribution in [0.5, 0.6) is 0 Å². The van der Waals surface area contributed by atoms with Crippen molar-refractivity contribution < 1.29 is 13.0 Å². The molecule has 1 heterocycles. The Bertz CT molecular complexity index is 849. The molecule has 3 rings (SSSR count). The van der Waals surface area contributed by atoms with Gasteiger partial charge in [0.2, 0.25) is 0 Å². The predicted molar refractivity (Wildman–Crippen MR) is 143 cm³/mol. The molecule has 184 valence electrons. The van der Waals surface area contributed by atoms with Gasteiger partial charge < -0.3 is 4.90 Å². The molecule has 1 aliphatic rings. The van der Waals surface area contributed by atoms with Crippen LogP contribution in [0.1, 0.15) is 68.5 Å². The van der Waals surface area contributed by atoms with Crippen molar-refractivity contribution in [1.29, 1.82) is 0 Å². The Morgan fingerprint density at radius 1 is 0.676 bits per heavy atom. The summed E-state index contributed by atoms with van der Waals surface area (Å²) in [4.78, 5) is 5.24. The van der Waals surface area contributed by atoms with Gasteiger partial charge in [0.1, 0.15) is 0 Å². The van der Waals surface area contributed by atoms with Gasteiger partial charge in [-0.05, 0) is 30.5 Å². The van der Waals surface area contributed by atoms with E-state index in [0.29, 0.717) is 12.5 Å². The van der Waals surface area contributed by atoms with Gasteiger partial charge in [-0.2, -0.15) is 8.42 Å². The van der Waals surface area contributed by atoms with Gasteiger partial charge in [0.05, 0.1) is 11.8 Å². The number of nitrogens with zero attached hydrogens (tertiary/aromatic N) is 2. The number of hydrogen-bond acceptors (Lipinski definition) is 4. The van der Waals surface area contributed by atoms with Crippen LogP contribution in [0.25, 0.3) is 0 Å². The molecule has 7 heteroatoms. The van der Waals surface area contributed by atoms with Crippen LogP contribution in [0.15, 0.2) is 60.7 Å². The summed E-state index contributed by atoms with van der Waals surface area (Å²) < 4.78 is 30.1. The standard InChI is InChI=1S/C27H40N2O3S.Na.H/c30-33(31,32)24-14-6-4-2-1-3-5-13-19-28-20-22-29(23-21-28)27(25-15-9-7-10-16-25)26-17-11-8-12-18-26;;/h7-12,15-18,27H,1-6,13-14,19-24H2,(H,30,31,32);;. The minimum atomic E-state index is -3.78. The van der Waals surface area contributed by atoms with E-state index in [1.165, 1.54) is 43.4 Å². The predicted octanol–water partition coefficient (Wildman–Crippen LogP) is 4.75. The van der Waals surface area contributed by atoms with Crippen molar-refractivity contribution in [3.8, 4) is 0 Å². The van der Waals surface area contributed by atoms with Crippen LogP contribution in [0, 0.1) is 0 Å². The fraction of sp³-hybridized carbons (Fsp3) is 0.556. The molecule has 5 nitrogen and oxygen atoms in total. The zero-order valence-corrected chi connectivity index (χ0v) is 20.6. The molecule has 1 fully saturated rings.